The minimum Gasteiger partial charge on any atom is -0.380 e. The molecule has 0 aromatic heterocycles. The van der Waals surface area contributed by atoms with E-state index in [1.54, 1.807) is 0 Å². The van der Waals surface area contributed by atoms with Crippen molar-refractivity contribution in [1.29, 1.82) is 0 Å². The maximum absolute atomic E-state index is 5.72. The Morgan fingerprint density at radius 1 is 1.29 bits per heavy atom. The first-order valence-electron chi connectivity index (χ1n) is 7.21. The monoisotopic (exact) mass is 240 g/mol. The number of likely N-dealkylation sites (tertiary alicyclic amines) is 1. The molecule has 0 bridgehead atoms. The quantitative estimate of drug-likeness (QED) is 0.714. The van der Waals surface area contributed by atoms with Gasteiger partial charge in [-0.05, 0) is 44.2 Å². The van der Waals surface area contributed by atoms with Gasteiger partial charge in [-0.2, -0.15) is 0 Å². The molecular formula is C14H28N2O. The van der Waals surface area contributed by atoms with Gasteiger partial charge in [-0.15, -0.1) is 0 Å². The number of hydrogen-bond donors (Lipinski definition) is 1. The van der Waals surface area contributed by atoms with Crippen molar-refractivity contribution in [2.45, 2.75) is 33.2 Å². The molecule has 2 aliphatic heterocycles. The fourth-order valence-electron chi connectivity index (χ4n) is 3.15. The van der Waals surface area contributed by atoms with Crippen molar-refractivity contribution in [3.63, 3.8) is 0 Å². The third-order valence-electron chi connectivity index (χ3n) is 4.42. The van der Waals surface area contributed by atoms with Gasteiger partial charge in [0.1, 0.15) is 0 Å². The summed E-state index contributed by atoms with van der Waals surface area (Å²) in [6.45, 7) is 13.5. The van der Waals surface area contributed by atoms with Gasteiger partial charge in [0.25, 0.3) is 0 Å². The number of hydrogen-bond acceptors (Lipinski definition) is 3. The van der Waals surface area contributed by atoms with Crippen molar-refractivity contribution in [2.75, 3.05) is 39.4 Å². The predicted molar refractivity (Wildman–Crippen MR) is 71.2 cm³/mol. The highest BCUT2D eigenvalue weighted by atomic mass is 16.5. The van der Waals surface area contributed by atoms with Crippen LogP contribution < -0.4 is 5.32 Å². The van der Waals surface area contributed by atoms with Gasteiger partial charge in [-0.1, -0.05) is 13.8 Å². The number of nitrogens with one attached hydrogen (secondary N) is 1. The summed E-state index contributed by atoms with van der Waals surface area (Å²) in [4.78, 5) is 2.62. The second kappa shape index (κ2) is 6.17. The van der Waals surface area contributed by atoms with Gasteiger partial charge in [-0.25, -0.2) is 0 Å². The Balaban J connectivity index is 1.60. The van der Waals surface area contributed by atoms with Gasteiger partial charge in [0.2, 0.25) is 0 Å². The smallest absolute Gasteiger partial charge is 0.0593 e. The molecule has 2 rings (SSSR count). The topological polar surface area (TPSA) is 24.5 Å². The van der Waals surface area contributed by atoms with E-state index in [0.29, 0.717) is 0 Å². The molecule has 2 saturated heterocycles. The van der Waals surface area contributed by atoms with Crippen LogP contribution in [0.5, 0.6) is 0 Å². The van der Waals surface area contributed by atoms with Gasteiger partial charge >= 0.3 is 0 Å². The normalized spacial score (nSPS) is 33.5. The van der Waals surface area contributed by atoms with Crippen LogP contribution in [0, 0.1) is 17.8 Å². The van der Waals surface area contributed by atoms with Crippen molar-refractivity contribution in [1.82, 2.24) is 10.2 Å². The van der Waals surface area contributed by atoms with E-state index in [9.17, 15) is 0 Å². The average molecular weight is 240 g/mol. The zero-order chi connectivity index (χ0) is 12.3. The molecule has 0 spiro atoms. The molecule has 100 valence electrons. The van der Waals surface area contributed by atoms with Crippen LogP contribution in [0.4, 0.5) is 0 Å². The lowest BCUT2D eigenvalue weighted by Crippen LogP contribution is -2.35. The standard InChI is InChI=1S/C14H28N2O/c1-11(2)4-6-17-7-5-16-10-13-8-15-9-14(13)12(16)3/h11-15H,4-10H2,1-3H3. The second-order valence-electron chi connectivity index (χ2n) is 6.11. The highest BCUT2D eigenvalue weighted by Crippen LogP contribution is 2.31. The zero-order valence-corrected chi connectivity index (χ0v) is 11.6. The second-order valence-corrected chi connectivity index (χ2v) is 6.11. The summed E-state index contributed by atoms with van der Waals surface area (Å²) in [6, 6.07) is 0.740. The minimum absolute atomic E-state index is 0.740. The Morgan fingerprint density at radius 3 is 2.82 bits per heavy atom. The third kappa shape index (κ3) is 3.43. The van der Waals surface area contributed by atoms with Crippen molar-refractivity contribution >= 4 is 0 Å². The predicted octanol–water partition coefficient (Wildman–Crippen LogP) is 1.59. The lowest BCUT2D eigenvalue weighted by molar-refractivity contribution is 0.0906. The molecule has 0 aromatic rings. The number of nitrogens with zero attached hydrogens (tertiary/aromatic N) is 1. The first-order chi connectivity index (χ1) is 8.18. The SMILES string of the molecule is CC(C)CCOCCN1CC2CNCC2C1C. The molecule has 2 fully saturated rings. The van der Waals surface area contributed by atoms with Gasteiger partial charge < -0.3 is 10.1 Å². The van der Waals surface area contributed by atoms with Crippen molar-refractivity contribution in [2.24, 2.45) is 17.8 Å². The Labute approximate surface area is 106 Å². The molecule has 0 radical (unpaired) electrons. The Kier molecular flexibility index (Phi) is 4.83. The van der Waals surface area contributed by atoms with Gasteiger partial charge in [0.15, 0.2) is 0 Å². The summed E-state index contributed by atoms with van der Waals surface area (Å²) in [7, 11) is 0. The highest BCUT2D eigenvalue weighted by molar-refractivity contribution is 4.96. The first kappa shape index (κ1) is 13.3. The van der Waals surface area contributed by atoms with Crippen molar-refractivity contribution in [3.05, 3.63) is 0 Å². The van der Waals surface area contributed by atoms with E-state index in [2.05, 4.69) is 31.0 Å². The van der Waals surface area contributed by atoms with Gasteiger partial charge in [-0.3, -0.25) is 4.90 Å². The molecule has 2 heterocycles. The van der Waals surface area contributed by atoms with E-state index < -0.39 is 0 Å². The fraction of sp³-hybridized carbons (Fsp3) is 1.00. The van der Waals surface area contributed by atoms with Crippen molar-refractivity contribution in [3.8, 4) is 0 Å². The maximum atomic E-state index is 5.72. The van der Waals surface area contributed by atoms with Crippen LogP contribution in [0.2, 0.25) is 0 Å². The minimum atomic E-state index is 0.740. The Morgan fingerprint density at radius 2 is 2.12 bits per heavy atom. The van der Waals surface area contributed by atoms with Crippen LogP contribution in [0.1, 0.15) is 27.2 Å². The molecule has 2 aliphatic rings. The number of ether oxygens (including phenoxy) is 1. The van der Waals surface area contributed by atoms with Crippen LogP contribution >= 0.6 is 0 Å². The highest BCUT2D eigenvalue weighted by Gasteiger charge is 2.41. The Bertz CT molecular complexity index is 232. The summed E-state index contributed by atoms with van der Waals surface area (Å²) in [5.74, 6) is 2.53. The van der Waals surface area contributed by atoms with E-state index in [4.69, 9.17) is 4.74 Å². The lowest BCUT2D eigenvalue weighted by atomic mass is 9.95. The molecule has 3 atom stereocenters. The Hall–Kier alpha value is -0.120. The molecule has 0 amide bonds. The zero-order valence-electron chi connectivity index (χ0n) is 11.6. The number of fused-ring (bicyclic) bond motifs is 1. The van der Waals surface area contributed by atoms with E-state index in [-0.39, 0.29) is 0 Å². The molecule has 0 aliphatic carbocycles. The molecule has 3 nitrogen and oxygen atoms in total. The summed E-state index contributed by atoms with van der Waals surface area (Å²) >= 11 is 0. The molecule has 17 heavy (non-hydrogen) atoms. The van der Waals surface area contributed by atoms with E-state index in [1.165, 1.54) is 26.1 Å². The molecular weight excluding hydrogens is 212 g/mol. The largest absolute Gasteiger partial charge is 0.380 e. The maximum Gasteiger partial charge on any atom is 0.0593 e. The summed E-state index contributed by atoms with van der Waals surface area (Å²) in [5.41, 5.74) is 0. The van der Waals surface area contributed by atoms with Crippen LogP contribution in [0.25, 0.3) is 0 Å². The lowest BCUT2D eigenvalue weighted by Gasteiger charge is -2.24. The van der Waals surface area contributed by atoms with Crippen molar-refractivity contribution < 1.29 is 4.74 Å². The van der Waals surface area contributed by atoms with Gasteiger partial charge in [0.05, 0.1) is 6.61 Å². The van der Waals surface area contributed by atoms with Crippen LogP contribution in [-0.2, 0) is 4.74 Å². The molecule has 3 unspecified atom stereocenters. The van der Waals surface area contributed by atoms with E-state index in [0.717, 1.165) is 43.6 Å². The van der Waals surface area contributed by atoms with Crippen LogP contribution in [-0.4, -0.2) is 50.3 Å². The fourth-order valence-corrected chi connectivity index (χ4v) is 3.15. The summed E-state index contributed by atoms with van der Waals surface area (Å²) < 4.78 is 5.72. The first-order valence-corrected chi connectivity index (χ1v) is 7.21. The van der Waals surface area contributed by atoms with E-state index in [1.807, 2.05) is 0 Å². The summed E-state index contributed by atoms with van der Waals surface area (Å²) in [6.07, 6.45) is 1.19. The van der Waals surface area contributed by atoms with Gasteiger partial charge in [0, 0.05) is 25.7 Å². The average Bonchev–Trinajstić information content (AvgIpc) is 2.82. The van der Waals surface area contributed by atoms with Crippen LogP contribution in [0.3, 0.4) is 0 Å². The summed E-state index contributed by atoms with van der Waals surface area (Å²) in [5, 5.41) is 3.51. The number of rotatable bonds is 6. The van der Waals surface area contributed by atoms with Crippen LogP contribution in [0.15, 0.2) is 0 Å². The third-order valence-corrected chi connectivity index (χ3v) is 4.42. The van der Waals surface area contributed by atoms with E-state index >= 15 is 0 Å². The molecule has 1 N–H and O–H groups in total. The molecule has 0 saturated carbocycles. The molecule has 3 heteroatoms. The molecule has 0 aromatic carbocycles.